The lowest BCUT2D eigenvalue weighted by Crippen LogP contribution is -1.92. The molecule has 0 heterocycles. The topological polar surface area (TPSA) is 34.1 Å². The highest BCUT2D eigenvalue weighted by atomic mass is 16.1. The molecule has 0 radical (unpaired) electrons. The number of hydrogen-bond acceptors (Lipinski definition) is 2. The van der Waals surface area contributed by atoms with Gasteiger partial charge in [0.05, 0.1) is 0 Å². The van der Waals surface area contributed by atoms with Gasteiger partial charge < -0.3 is 9.59 Å². The Hall–Kier alpha value is -5.86. The van der Waals surface area contributed by atoms with Gasteiger partial charge in [-0.2, -0.15) is 0 Å². The molecule has 0 aromatic heterocycles. The first-order valence-electron chi connectivity index (χ1n) is 16.8. The summed E-state index contributed by atoms with van der Waals surface area (Å²) < 4.78 is 0. The lowest BCUT2D eigenvalue weighted by molar-refractivity contribution is -0.106. The van der Waals surface area contributed by atoms with Gasteiger partial charge in [-0.1, -0.05) is 187 Å². The molecule has 0 aliphatic rings. The van der Waals surface area contributed by atoms with Gasteiger partial charge in [-0.15, -0.1) is 0 Å². The smallest absolute Gasteiger partial charge is 0.116 e. The quantitative estimate of drug-likeness (QED) is 0.137. The third-order valence-electron chi connectivity index (χ3n) is 8.03. The molecule has 0 aliphatic carbocycles. The van der Waals surface area contributed by atoms with Crippen LogP contribution in [0.3, 0.4) is 0 Å². The Balaban J connectivity index is 0.000000212. The van der Waals surface area contributed by atoms with Crippen molar-refractivity contribution in [1.82, 2.24) is 0 Å². The molecule has 0 saturated heterocycles. The van der Waals surface area contributed by atoms with E-state index in [9.17, 15) is 0 Å². The van der Waals surface area contributed by atoms with Gasteiger partial charge in [0, 0.05) is 0 Å². The Morgan fingerprint density at radius 2 is 0.780 bits per heavy atom. The summed E-state index contributed by atoms with van der Waals surface area (Å²) in [5.41, 5.74) is 8.09. The average molecular weight is 657 g/mol. The van der Waals surface area contributed by atoms with Crippen LogP contribution in [0.25, 0.3) is 32.3 Å². The van der Waals surface area contributed by atoms with Crippen molar-refractivity contribution in [3.05, 3.63) is 203 Å². The summed E-state index contributed by atoms with van der Waals surface area (Å²) in [4.78, 5) is 16.8. The van der Waals surface area contributed by atoms with Crippen molar-refractivity contribution in [3.63, 3.8) is 0 Å². The Labute approximate surface area is 298 Å². The largest absolute Gasteiger partial charge is 0.307 e. The number of carbonyl (C=O) groups is 2. The van der Waals surface area contributed by atoms with Crippen LogP contribution in [0.5, 0.6) is 0 Å². The van der Waals surface area contributed by atoms with Gasteiger partial charge in [-0.05, 0) is 90.0 Å². The van der Waals surface area contributed by atoms with Crippen molar-refractivity contribution < 1.29 is 9.59 Å². The first-order valence-corrected chi connectivity index (χ1v) is 16.8. The fraction of sp³-hybridized carbons (Fsp3) is 0.125. The van der Waals surface area contributed by atoms with Gasteiger partial charge in [-0.3, -0.25) is 0 Å². The number of rotatable bonds is 2. The summed E-state index contributed by atoms with van der Waals surface area (Å²) in [5, 5.41) is 8.28. The molecule has 252 valence electrons. The standard InChI is InChI=1S/C24H18.3C7H8.C2H4O.CH2O/c1-16-7-8-18-12-14-22-20(15-17-5-3-2-4-6-17)10-9-19-11-13-21(16)23(18)24(19)22;3*1-7-5-3-2-4-6-7;1-2-3;1-2/h2-14H,15H2,1H3;3*2-6H,1H3;2H,1H3;1H2. The molecule has 50 heavy (non-hydrogen) atoms. The molecular formula is C48H48O2. The van der Waals surface area contributed by atoms with Crippen LogP contribution >= 0.6 is 0 Å². The van der Waals surface area contributed by atoms with Crippen LogP contribution in [-0.4, -0.2) is 13.1 Å². The summed E-state index contributed by atoms with van der Waals surface area (Å²) >= 11 is 0. The number of hydrogen-bond donors (Lipinski definition) is 0. The van der Waals surface area contributed by atoms with Gasteiger partial charge in [0.2, 0.25) is 0 Å². The summed E-state index contributed by atoms with van der Waals surface area (Å²) in [5.74, 6) is 0. The zero-order chi connectivity index (χ0) is 36.1. The molecular weight excluding hydrogens is 609 g/mol. The Bertz CT molecular complexity index is 2010. The van der Waals surface area contributed by atoms with E-state index in [0.717, 1.165) is 12.7 Å². The molecule has 2 nitrogen and oxygen atoms in total. The molecule has 8 aromatic rings. The molecule has 0 N–H and O–H groups in total. The van der Waals surface area contributed by atoms with Crippen molar-refractivity contribution in [3.8, 4) is 0 Å². The van der Waals surface area contributed by atoms with Gasteiger partial charge in [0.15, 0.2) is 0 Å². The second-order valence-corrected chi connectivity index (χ2v) is 11.9. The normalized spacial score (nSPS) is 9.62. The molecule has 0 unspecified atom stereocenters. The number of benzene rings is 8. The fourth-order valence-corrected chi connectivity index (χ4v) is 5.58. The highest BCUT2D eigenvalue weighted by Gasteiger charge is 2.12. The SMILES string of the molecule is C=O.CC=O.Cc1ccc2ccc3c(Cc4ccccc4)ccc4ccc1c2c43.Cc1ccccc1.Cc1ccccc1.Cc1ccccc1. The van der Waals surface area contributed by atoms with E-state index in [-0.39, 0.29) is 0 Å². The number of aryl methyl sites for hydroxylation is 4. The van der Waals surface area contributed by atoms with Crippen molar-refractivity contribution in [2.45, 2.75) is 41.0 Å². The van der Waals surface area contributed by atoms with E-state index >= 15 is 0 Å². The maximum atomic E-state index is 8.81. The maximum Gasteiger partial charge on any atom is 0.116 e. The van der Waals surface area contributed by atoms with E-state index in [1.54, 1.807) is 0 Å². The monoisotopic (exact) mass is 656 g/mol. The van der Waals surface area contributed by atoms with Gasteiger partial charge in [-0.25, -0.2) is 0 Å². The van der Waals surface area contributed by atoms with E-state index in [0.29, 0.717) is 0 Å². The van der Waals surface area contributed by atoms with E-state index in [4.69, 9.17) is 9.59 Å². The van der Waals surface area contributed by atoms with Crippen LogP contribution in [0, 0.1) is 27.7 Å². The lowest BCUT2D eigenvalue weighted by Gasteiger charge is -2.15. The third-order valence-corrected chi connectivity index (χ3v) is 8.03. The second kappa shape index (κ2) is 21.2. The van der Waals surface area contributed by atoms with Crippen molar-refractivity contribution >= 4 is 45.4 Å². The average Bonchev–Trinajstić information content (AvgIpc) is 3.15. The molecule has 0 spiro atoms. The van der Waals surface area contributed by atoms with Crippen LogP contribution in [0.2, 0.25) is 0 Å². The third kappa shape index (κ3) is 11.7. The fourth-order valence-electron chi connectivity index (χ4n) is 5.58. The first kappa shape index (κ1) is 38.6. The minimum atomic E-state index is 0.750. The zero-order valence-corrected chi connectivity index (χ0v) is 30.0. The van der Waals surface area contributed by atoms with E-state index in [2.05, 4.69) is 143 Å². The van der Waals surface area contributed by atoms with Crippen molar-refractivity contribution in [2.75, 3.05) is 0 Å². The molecule has 8 aromatic carbocycles. The van der Waals surface area contributed by atoms with Crippen LogP contribution in [0.15, 0.2) is 170 Å². The van der Waals surface area contributed by atoms with Crippen LogP contribution in [0.1, 0.15) is 40.3 Å². The van der Waals surface area contributed by atoms with E-state index in [1.165, 1.54) is 72.6 Å². The van der Waals surface area contributed by atoms with Crippen LogP contribution < -0.4 is 0 Å². The highest BCUT2D eigenvalue weighted by molar-refractivity contribution is 6.24. The van der Waals surface area contributed by atoms with Crippen molar-refractivity contribution in [2.24, 2.45) is 0 Å². The number of aldehydes is 1. The van der Waals surface area contributed by atoms with Crippen molar-refractivity contribution in [1.29, 1.82) is 0 Å². The van der Waals surface area contributed by atoms with Gasteiger partial charge >= 0.3 is 0 Å². The molecule has 0 aliphatic heterocycles. The second-order valence-electron chi connectivity index (χ2n) is 11.9. The van der Waals surface area contributed by atoms with Gasteiger partial charge in [0.1, 0.15) is 13.1 Å². The first-order chi connectivity index (χ1) is 24.4. The molecule has 0 bridgehead atoms. The number of carbonyl (C=O) groups excluding carboxylic acids is 2. The summed E-state index contributed by atoms with van der Waals surface area (Å²) in [6, 6.07) is 59.7. The Kier molecular flexibility index (Phi) is 16.3. The highest BCUT2D eigenvalue weighted by Crippen LogP contribution is 2.37. The summed E-state index contributed by atoms with van der Waals surface area (Å²) in [6.07, 6.45) is 1.73. The van der Waals surface area contributed by atoms with E-state index < -0.39 is 0 Å². The predicted octanol–water partition coefficient (Wildman–Crippen LogP) is 12.5. The zero-order valence-electron chi connectivity index (χ0n) is 30.0. The molecule has 0 amide bonds. The maximum absolute atomic E-state index is 8.81. The molecule has 0 fully saturated rings. The van der Waals surface area contributed by atoms with Gasteiger partial charge in [0.25, 0.3) is 0 Å². The van der Waals surface area contributed by atoms with E-state index in [1.807, 2.05) is 61.4 Å². The Morgan fingerprint density at radius 1 is 0.440 bits per heavy atom. The van der Waals surface area contributed by atoms with Crippen LogP contribution in [0.4, 0.5) is 0 Å². The lowest BCUT2D eigenvalue weighted by atomic mass is 9.89. The predicted molar refractivity (Wildman–Crippen MR) is 217 cm³/mol. The minimum Gasteiger partial charge on any atom is -0.307 e. The van der Waals surface area contributed by atoms with Crippen LogP contribution in [-0.2, 0) is 16.0 Å². The molecule has 8 rings (SSSR count). The Morgan fingerprint density at radius 3 is 1.18 bits per heavy atom. The minimum absolute atomic E-state index is 0.750. The molecule has 0 saturated carbocycles. The molecule has 2 heteroatoms. The molecule has 0 atom stereocenters. The summed E-state index contributed by atoms with van der Waals surface area (Å²) in [7, 11) is 0. The summed E-state index contributed by atoms with van der Waals surface area (Å²) in [6.45, 7) is 11.9.